The van der Waals surface area contributed by atoms with Crippen molar-refractivity contribution >= 4 is 0 Å². The van der Waals surface area contributed by atoms with E-state index in [1.54, 1.807) is 0 Å². The van der Waals surface area contributed by atoms with Crippen LogP contribution in [0.1, 0.15) is 68.6 Å². The summed E-state index contributed by atoms with van der Waals surface area (Å²) in [6.07, 6.45) is 6.89. The van der Waals surface area contributed by atoms with Gasteiger partial charge in [0, 0.05) is 0 Å². The number of aryl methyl sites for hydroxylation is 2. The van der Waals surface area contributed by atoms with Gasteiger partial charge in [0.05, 0.1) is 0 Å². The lowest BCUT2D eigenvalue weighted by Gasteiger charge is -2.43. The van der Waals surface area contributed by atoms with Crippen molar-refractivity contribution < 1.29 is 5.11 Å². The SMILES string of the molecule is Cc1cc(C2CC[C@@]3(C)[C@H](CC[C@@H]3C)C2)cc(C)c1O. The molecule has 2 aliphatic rings. The third kappa shape index (κ3) is 2.06. The van der Waals surface area contributed by atoms with Gasteiger partial charge in [-0.05, 0) is 85.8 Å². The Morgan fingerprint density at radius 2 is 1.75 bits per heavy atom. The number of hydrogen-bond donors (Lipinski definition) is 1. The van der Waals surface area contributed by atoms with Gasteiger partial charge in [-0.15, -0.1) is 0 Å². The average Bonchev–Trinajstić information content (AvgIpc) is 2.71. The van der Waals surface area contributed by atoms with Crippen LogP contribution in [0.3, 0.4) is 0 Å². The summed E-state index contributed by atoms with van der Waals surface area (Å²) in [6, 6.07) is 4.43. The van der Waals surface area contributed by atoms with Gasteiger partial charge in [0.1, 0.15) is 5.75 Å². The minimum Gasteiger partial charge on any atom is -0.507 e. The molecule has 0 saturated heterocycles. The number of aromatic hydroxyl groups is 1. The Bertz CT molecular complexity index is 495. The summed E-state index contributed by atoms with van der Waals surface area (Å²) in [4.78, 5) is 0. The normalized spacial score (nSPS) is 36.9. The third-order valence-corrected chi connectivity index (χ3v) is 6.59. The van der Waals surface area contributed by atoms with E-state index in [4.69, 9.17) is 0 Å². The zero-order valence-electron chi connectivity index (χ0n) is 13.4. The Morgan fingerprint density at radius 1 is 1.10 bits per heavy atom. The van der Waals surface area contributed by atoms with Crippen molar-refractivity contribution in [2.45, 2.75) is 65.7 Å². The molecule has 1 aromatic rings. The Hall–Kier alpha value is -0.980. The molecule has 1 heteroatoms. The predicted molar refractivity (Wildman–Crippen MR) is 84.2 cm³/mol. The lowest BCUT2D eigenvalue weighted by atomic mass is 9.62. The lowest BCUT2D eigenvalue weighted by Crippen LogP contribution is -2.33. The second kappa shape index (κ2) is 4.79. The Labute approximate surface area is 123 Å². The van der Waals surface area contributed by atoms with Crippen LogP contribution in [-0.2, 0) is 0 Å². The fourth-order valence-corrected chi connectivity index (χ4v) is 4.82. The van der Waals surface area contributed by atoms with Gasteiger partial charge in [-0.3, -0.25) is 0 Å². The average molecular weight is 272 g/mol. The van der Waals surface area contributed by atoms with Crippen LogP contribution in [0.4, 0.5) is 0 Å². The molecule has 0 bridgehead atoms. The van der Waals surface area contributed by atoms with Crippen LogP contribution in [0.25, 0.3) is 0 Å². The molecular weight excluding hydrogens is 244 g/mol. The van der Waals surface area contributed by atoms with Crippen LogP contribution >= 0.6 is 0 Å². The van der Waals surface area contributed by atoms with Crippen LogP contribution in [0.15, 0.2) is 12.1 Å². The highest BCUT2D eigenvalue weighted by Gasteiger charge is 2.47. The highest BCUT2D eigenvalue weighted by atomic mass is 16.3. The van der Waals surface area contributed by atoms with Crippen LogP contribution in [0.5, 0.6) is 5.75 Å². The molecule has 20 heavy (non-hydrogen) atoms. The number of fused-ring (bicyclic) bond motifs is 1. The summed E-state index contributed by atoms with van der Waals surface area (Å²) >= 11 is 0. The number of rotatable bonds is 1. The molecule has 0 aromatic heterocycles. The topological polar surface area (TPSA) is 20.2 Å². The Kier molecular flexibility index (Phi) is 3.35. The van der Waals surface area contributed by atoms with E-state index < -0.39 is 0 Å². The molecule has 0 amide bonds. The zero-order valence-corrected chi connectivity index (χ0v) is 13.4. The van der Waals surface area contributed by atoms with Crippen molar-refractivity contribution in [1.82, 2.24) is 0 Å². The number of phenols is 1. The van der Waals surface area contributed by atoms with Crippen LogP contribution < -0.4 is 0 Å². The summed E-state index contributed by atoms with van der Waals surface area (Å²) in [5.74, 6) is 2.99. The highest BCUT2D eigenvalue weighted by Crippen LogP contribution is 2.58. The molecule has 1 N–H and O–H groups in total. The third-order valence-electron chi connectivity index (χ3n) is 6.59. The lowest BCUT2D eigenvalue weighted by molar-refractivity contribution is 0.0963. The largest absolute Gasteiger partial charge is 0.507 e. The zero-order chi connectivity index (χ0) is 14.5. The van der Waals surface area contributed by atoms with Crippen LogP contribution in [0, 0.1) is 31.1 Å². The standard InChI is InChI=1S/C19H28O/c1-12-9-16(10-13(2)18(12)20)15-7-8-19(4)14(3)5-6-17(19)11-15/h9-10,14-15,17,20H,5-8,11H2,1-4H3/t14-,15?,17+,19+/m0/s1. The number of phenolic OH excluding ortho intramolecular Hbond substituents is 1. The highest BCUT2D eigenvalue weighted by molar-refractivity contribution is 5.43. The summed E-state index contributed by atoms with van der Waals surface area (Å²) in [6.45, 7) is 9.03. The van der Waals surface area contributed by atoms with E-state index in [0.717, 1.165) is 23.0 Å². The summed E-state index contributed by atoms with van der Waals surface area (Å²) in [5.41, 5.74) is 4.12. The van der Waals surface area contributed by atoms with Gasteiger partial charge < -0.3 is 5.11 Å². The fourth-order valence-electron chi connectivity index (χ4n) is 4.82. The maximum atomic E-state index is 9.96. The molecular formula is C19H28O. The maximum absolute atomic E-state index is 9.96. The molecule has 0 heterocycles. The maximum Gasteiger partial charge on any atom is 0.121 e. The molecule has 2 fully saturated rings. The van der Waals surface area contributed by atoms with E-state index in [1.807, 2.05) is 13.8 Å². The van der Waals surface area contributed by atoms with E-state index in [0.29, 0.717) is 17.1 Å². The minimum absolute atomic E-state index is 0.476. The van der Waals surface area contributed by atoms with E-state index in [9.17, 15) is 5.11 Å². The first-order chi connectivity index (χ1) is 9.41. The first-order valence-electron chi connectivity index (χ1n) is 8.22. The van der Waals surface area contributed by atoms with Crippen molar-refractivity contribution in [3.8, 4) is 5.75 Å². The summed E-state index contributed by atoms with van der Waals surface area (Å²) < 4.78 is 0. The van der Waals surface area contributed by atoms with Gasteiger partial charge in [-0.1, -0.05) is 26.0 Å². The van der Waals surface area contributed by atoms with Gasteiger partial charge in [0.15, 0.2) is 0 Å². The second-order valence-corrected chi connectivity index (χ2v) is 7.66. The van der Waals surface area contributed by atoms with Crippen LogP contribution in [-0.4, -0.2) is 5.11 Å². The quantitative estimate of drug-likeness (QED) is 0.732. The molecule has 1 aromatic carbocycles. The van der Waals surface area contributed by atoms with Crippen molar-refractivity contribution in [3.05, 3.63) is 28.8 Å². The van der Waals surface area contributed by atoms with E-state index >= 15 is 0 Å². The molecule has 0 radical (unpaired) electrons. The fraction of sp³-hybridized carbons (Fsp3) is 0.684. The molecule has 110 valence electrons. The molecule has 0 aliphatic heterocycles. The molecule has 4 atom stereocenters. The van der Waals surface area contributed by atoms with Gasteiger partial charge in [-0.25, -0.2) is 0 Å². The minimum atomic E-state index is 0.476. The predicted octanol–water partition coefficient (Wildman–Crippen LogP) is 5.33. The smallest absolute Gasteiger partial charge is 0.121 e. The molecule has 2 aliphatic carbocycles. The Morgan fingerprint density at radius 3 is 2.40 bits per heavy atom. The van der Waals surface area contributed by atoms with Crippen molar-refractivity contribution in [1.29, 1.82) is 0 Å². The van der Waals surface area contributed by atoms with Crippen molar-refractivity contribution in [3.63, 3.8) is 0 Å². The summed E-state index contributed by atoms with van der Waals surface area (Å²) in [7, 11) is 0. The molecule has 0 spiro atoms. The molecule has 2 saturated carbocycles. The van der Waals surface area contributed by atoms with Gasteiger partial charge in [0.2, 0.25) is 0 Å². The van der Waals surface area contributed by atoms with E-state index in [2.05, 4.69) is 26.0 Å². The van der Waals surface area contributed by atoms with E-state index in [1.165, 1.54) is 37.7 Å². The van der Waals surface area contributed by atoms with Gasteiger partial charge >= 0.3 is 0 Å². The van der Waals surface area contributed by atoms with Crippen molar-refractivity contribution in [2.24, 2.45) is 17.3 Å². The summed E-state index contributed by atoms with van der Waals surface area (Å²) in [5, 5.41) is 9.96. The molecule has 3 rings (SSSR count). The monoisotopic (exact) mass is 272 g/mol. The number of benzene rings is 1. The molecule has 1 unspecified atom stereocenters. The van der Waals surface area contributed by atoms with Gasteiger partial charge in [0.25, 0.3) is 0 Å². The van der Waals surface area contributed by atoms with Crippen LogP contribution in [0.2, 0.25) is 0 Å². The van der Waals surface area contributed by atoms with E-state index in [-0.39, 0.29) is 0 Å². The number of hydrogen-bond acceptors (Lipinski definition) is 1. The molecule has 1 nitrogen and oxygen atoms in total. The van der Waals surface area contributed by atoms with Gasteiger partial charge in [-0.2, -0.15) is 0 Å². The first kappa shape index (κ1) is 14.0. The van der Waals surface area contributed by atoms with Crippen molar-refractivity contribution in [2.75, 3.05) is 0 Å². The first-order valence-corrected chi connectivity index (χ1v) is 8.22. The second-order valence-electron chi connectivity index (χ2n) is 7.66. The Balaban J connectivity index is 1.84.